The van der Waals surface area contributed by atoms with Crippen molar-refractivity contribution < 1.29 is 23.9 Å². The van der Waals surface area contributed by atoms with Crippen LogP contribution in [0.1, 0.15) is 64.9 Å². The molecule has 0 aromatic heterocycles. The second-order valence-corrected chi connectivity index (χ2v) is 10.6. The molecule has 0 spiro atoms. The summed E-state index contributed by atoms with van der Waals surface area (Å²) < 4.78 is 10.1. The number of ether oxygens (including phenoxy) is 2. The Labute approximate surface area is 225 Å². The van der Waals surface area contributed by atoms with Crippen molar-refractivity contribution in [3.05, 3.63) is 106 Å². The summed E-state index contributed by atoms with van der Waals surface area (Å²) in [7, 11) is 1.33. The van der Waals surface area contributed by atoms with Crippen LogP contribution in [0.2, 0.25) is 0 Å². The molecule has 3 rings (SSSR count). The fourth-order valence-electron chi connectivity index (χ4n) is 4.44. The summed E-state index contributed by atoms with van der Waals surface area (Å²) in [5.74, 6) is -0.746. The van der Waals surface area contributed by atoms with Crippen molar-refractivity contribution >= 4 is 17.8 Å². The van der Waals surface area contributed by atoms with Gasteiger partial charge >= 0.3 is 11.9 Å². The predicted octanol–water partition coefficient (Wildman–Crippen LogP) is 6.17. The molecule has 38 heavy (non-hydrogen) atoms. The van der Waals surface area contributed by atoms with Crippen molar-refractivity contribution in [1.82, 2.24) is 4.90 Å². The number of carbonyl (C=O) groups excluding carboxylic acids is 3. The van der Waals surface area contributed by atoms with Gasteiger partial charge < -0.3 is 14.4 Å². The van der Waals surface area contributed by atoms with Gasteiger partial charge in [-0.25, -0.2) is 0 Å². The Balaban J connectivity index is 1.66. The fraction of sp³-hybridized carbons (Fsp3) is 0.344. The first-order valence-electron chi connectivity index (χ1n) is 12.8. The number of carbonyl (C=O) groups is 3. The van der Waals surface area contributed by atoms with Crippen LogP contribution in [0.4, 0.5) is 0 Å². The average molecular weight is 516 g/mol. The zero-order chi connectivity index (χ0) is 27.7. The summed E-state index contributed by atoms with van der Waals surface area (Å²) in [4.78, 5) is 39.1. The van der Waals surface area contributed by atoms with Gasteiger partial charge in [0.25, 0.3) is 5.91 Å². The molecule has 0 saturated carbocycles. The van der Waals surface area contributed by atoms with Gasteiger partial charge in [-0.1, -0.05) is 85.6 Å². The number of aryl methyl sites for hydroxylation is 2. The van der Waals surface area contributed by atoms with E-state index in [1.54, 1.807) is 0 Å². The zero-order valence-electron chi connectivity index (χ0n) is 23.0. The van der Waals surface area contributed by atoms with Gasteiger partial charge in [-0.05, 0) is 48.1 Å². The van der Waals surface area contributed by atoms with E-state index in [4.69, 9.17) is 9.47 Å². The third kappa shape index (κ3) is 8.87. The van der Waals surface area contributed by atoms with E-state index >= 15 is 0 Å². The van der Waals surface area contributed by atoms with Gasteiger partial charge in [0.15, 0.2) is 0 Å². The lowest BCUT2D eigenvalue weighted by atomic mass is 9.86. The highest BCUT2D eigenvalue weighted by Gasteiger charge is 2.26. The van der Waals surface area contributed by atoms with Gasteiger partial charge in [-0.2, -0.15) is 0 Å². The molecule has 0 atom stereocenters. The lowest BCUT2D eigenvalue weighted by Crippen LogP contribution is -2.30. The van der Waals surface area contributed by atoms with Crippen LogP contribution < -0.4 is 0 Å². The summed E-state index contributed by atoms with van der Waals surface area (Å²) in [5.41, 5.74) is 5.36. The van der Waals surface area contributed by atoms with Gasteiger partial charge in [0.1, 0.15) is 6.61 Å². The summed E-state index contributed by atoms with van der Waals surface area (Å²) in [6.45, 7) is 8.88. The zero-order valence-corrected chi connectivity index (χ0v) is 23.0. The molecular formula is C32H37NO5. The lowest BCUT2D eigenvalue weighted by molar-refractivity contribution is -0.149. The van der Waals surface area contributed by atoms with Gasteiger partial charge in [-0.15, -0.1) is 0 Å². The summed E-state index contributed by atoms with van der Waals surface area (Å²) in [6, 6.07) is 23.4. The van der Waals surface area contributed by atoms with Crippen LogP contribution in [0, 0.1) is 19.3 Å². The van der Waals surface area contributed by atoms with Crippen LogP contribution in [-0.4, -0.2) is 29.9 Å². The first-order valence-corrected chi connectivity index (χ1v) is 12.8. The molecule has 0 aliphatic carbocycles. The van der Waals surface area contributed by atoms with Gasteiger partial charge in [0.2, 0.25) is 0 Å². The fourth-order valence-corrected chi connectivity index (χ4v) is 4.44. The quantitative estimate of drug-likeness (QED) is 0.286. The van der Waals surface area contributed by atoms with Gasteiger partial charge in [0.05, 0.1) is 20.0 Å². The molecule has 0 aliphatic rings. The molecule has 0 aliphatic heterocycles. The van der Waals surface area contributed by atoms with E-state index in [2.05, 4.69) is 32.0 Å². The van der Waals surface area contributed by atoms with Crippen LogP contribution in [-0.2, 0) is 38.8 Å². The molecule has 1 amide bonds. The molecular weight excluding hydrogens is 478 g/mol. The number of nitrogens with zero attached hydrogens (tertiary/aromatic N) is 1. The number of rotatable bonds is 11. The van der Waals surface area contributed by atoms with E-state index in [1.807, 2.05) is 73.3 Å². The van der Waals surface area contributed by atoms with Crippen LogP contribution in [0.15, 0.2) is 72.8 Å². The predicted molar refractivity (Wildman–Crippen MR) is 147 cm³/mol. The van der Waals surface area contributed by atoms with Crippen molar-refractivity contribution in [3.63, 3.8) is 0 Å². The Morgan fingerprint density at radius 3 is 1.89 bits per heavy atom. The molecule has 3 aromatic carbocycles. The second kappa shape index (κ2) is 13.0. The van der Waals surface area contributed by atoms with Crippen LogP contribution in [0.3, 0.4) is 0 Å². The van der Waals surface area contributed by atoms with Crippen LogP contribution in [0.5, 0.6) is 0 Å². The van der Waals surface area contributed by atoms with E-state index in [0.29, 0.717) is 18.7 Å². The van der Waals surface area contributed by atoms with E-state index in [9.17, 15) is 14.4 Å². The minimum Gasteiger partial charge on any atom is -0.469 e. The number of esters is 2. The molecule has 0 radical (unpaired) electrons. The van der Waals surface area contributed by atoms with Crippen molar-refractivity contribution in [1.29, 1.82) is 0 Å². The molecule has 3 aromatic rings. The smallest absolute Gasteiger partial charge is 0.306 e. The van der Waals surface area contributed by atoms with E-state index in [-0.39, 0.29) is 37.3 Å². The highest BCUT2D eigenvalue weighted by molar-refractivity contribution is 5.94. The molecule has 200 valence electrons. The maximum atomic E-state index is 13.4. The van der Waals surface area contributed by atoms with Crippen molar-refractivity contribution in [2.24, 2.45) is 5.41 Å². The Bertz CT molecular complexity index is 1230. The van der Waals surface area contributed by atoms with E-state index in [1.165, 1.54) is 18.2 Å². The van der Waals surface area contributed by atoms with E-state index in [0.717, 1.165) is 16.7 Å². The van der Waals surface area contributed by atoms with Gasteiger partial charge in [-0.3, -0.25) is 14.4 Å². The van der Waals surface area contributed by atoms with Crippen LogP contribution in [0.25, 0.3) is 0 Å². The minimum absolute atomic E-state index is 0.0302. The third-order valence-electron chi connectivity index (χ3n) is 6.23. The first kappa shape index (κ1) is 28.6. The lowest BCUT2D eigenvalue weighted by Gasteiger charge is -2.24. The second-order valence-electron chi connectivity index (χ2n) is 10.6. The average Bonchev–Trinajstić information content (AvgIpc) is 2.86. The maximum absolute atomic E-state index is 13.4. The first-order chi connectivity index (χ1) is 18.0. The molecule has 0 unspecified atom stereocenters. The van der Waals surface area contributed by atoms with Crippen molar-refractivity contribution in [2.45, 2.75) is 60.2 Å². The van der Waals surface area contributed by atoms with E-state index < -0.39 is 5.41 Å². The molecule has 0 saturated heterocycles. The summed E-state index contributed by atoms with van der Waals surface area (Å²) in [6.07, 6.45) is 0.267. The number of hydrogen-bond acceptors (Lipinski definition) is 5. The minimum atomic E-state index is -0.543. The monoisotopic (exact) mass is 515 g/mol. The highest BCUT2D eigenvalue weighted by atomic mass is 16.5. The molecule has 0 fully saturated rings. The highest BCUT2D eigenvalue weighted by Crippen LogP contribution is 2.26. The number of amides is 1. The maximum Gasteiger partial charge on any atom is 0.306 e. The third-order valence-corrected chi connectivity index (χ3v) is 6.23. The number of benzene rings is 3. The topological polar surface area (TPSA) is 72.9 Å². The summed E-state index contributed by atoms with van der Waals surface area (Å²) in [5, 5.41) is 0. The molecule has 0 bridgehead atoms. The molecule has 6 heteroatoms. The standard InChI is InChI=1S/C32H37NO5/c1-23-15-24(2)17-27(16-23)21-33(31(36)28-9-7-6-8-10-28)20-25-11-13-26(14-12-25)22-38-30(35)19-32(3,4)18-29(34)37-5/h6-17H,18-22H2,1-5H3. The Hall–Kier alpha value is -3.93. The van der Waals surface area contributed by atoms with Gasteiger partial charge in [0, 0.05) is 18.7 Å². The molecule has 0 heterocycles. The number of methoxy groups -OCH3 is 1. The largest absolute Gasteiger partial charge is 0.469 e. The number of hydrogen-bond donors (Lipinski definition) is 0. The Morgan fingerprint density at radius 2 is 1.29 bits per heavy atom. The molecule has 0 N–H and O–H groups in total. The van der Waals surface area contributed by atoms with Crippen molar-refractivity contribution in [2.75, 3.05) is 7.11 Å². The van der Waals surface area contributed by atoms with Crippen LogP contribution >= 0.6 is 0 Å². The Kier molecular flexibility index (Phi) is 9.83. The summed E-state index contributed by atoms with van der Waals surface area (Å²) >= 11 is 0. The molecule has 6 nitrogen and oxygen atoms in total. The normalized spacial score (nSPS) is 11.1. The van der Waals surface area contributed by atoms with Crippen molar-refractivity contribution in [3.8, 4) is 0 Å². The Morgan fingerprint density at radius 1 is 0.737 bits per heavy atom. The SMILES string of the molecule is COC(=O)CC(C)(C)CC(=O)OCc1ccc(CN(Cc2cc(C)cc(C)c2)C(=O)c2ccccc2)cc1.